The van der Waals surface area contributed by atoms with E-state index in [2.05, 4.69) is 0 Å². The molecule has 21 heavy (non-hydrogen) atoms. The molecule has 1 aliphatic rings. The van der Waals surface area contributed by atoms with Crippen molar-refractivity contribution in [3.05, 3.63) is 70.8 Å². The maximum Gasteiger partial charge on any atom is 0.307 e. The topological polar surface area (TPSA) is 57.6 Å². The van der Waals surface area contributed by atoms with Gasteiger partial charge < -0.3 is 10.0 Å². The summed E-state index contributed by atoms with van der Waals surface area (Å²) in [6, 6.07) is 15.0. The van der Waals surface area contributed by atoms with Crippen molar-refractivity contribution >= 4 is 11.9 Å². The van der Waals surface area contributed by atoms with Crippen LogP contribution in [0.5, 0.6) is 0 Å². The first-order valence-electron chi connectivity index (χ1n) is 6.81. The molecule has 2 aromatic carbocycles. The van der Waals surface area contributed by atoms with Gasteiger partial charge in [-0.3, -0.25) is 9.59 Å². The molecule has 4 heteroatoms. The van der Waals surface area contributed by atoms with E-state index in [4.69, 9.17) is 5.11 Å². The van der Waals surface area contributed by atoms with Gasteiger partial charge in [0.05, 0.1) is 6.42 Å². The summed E-state index contributed by atoms with van der Waals surface area (Å²) in [5.41, 5.74) is 3.42. The number of carbonyl (C=O) groups excluding carboxylic acids is 1. The lowest BCUT2D eigenvalue weighted by atomic mass is 10.0. The van der Waals surface area contributed by atoms with Crippen LogP contribution in [0.3, 0.4) is 0 Å². The van der Waals surface area contributed by atoms with Gasteiger partial charge in [-0.05, 0) is 22.8 Å². The van der Waals surface area contributed by atoms with Crippen LogP contribution in [0.2, 0.25) is 0 Å². The second kappa shape index (κ2) is 5.40. The van der Waals surface area contributed by atoms with Gasteiger partial charge in [-0.1, -0.05) is 42.5 Å². The van der Waals surface area contributed by atoms with Gasteiger partial charge in [0.1, 0.15) is 0 Å². The average molecular weight is 281 g/mol. The fraction of sp³-hybridized carbons (Fsp3) is 0.176. The van der Waals surface area contributed by atoms with Crippen molar-refractivity contribution in [2.45, 2.75) is 19.5 Å². The molecule has 4 nitrogen and oxygen atoms in total. The predicted molar refractivity (Wildman–Crippen MR) is 77.8 cm³/mol. The van der Waals surface area contributed by atoms with Crippen LogP contribution in [-0.2, 0) is 24.3 Å². The lowest BCUT2D eigenvalue weighted by Crippen LogP contribution is -2.24. The second-order valence-electron chi connectivity index (χ2n) is 5.16. The van der Waals surface area contributed by atoms with Gasteiger partial charge in [0.15, 0.2) is 0 Å². The largest absolute Gasteiger partial charge is 0.481 e. The molecule has 0 atom stereocenters. The summed E-state index contributed by atoms with van der Waals surface area (Å²) in [5, 5.41) is 8.97. The van der Waals surface area contributed by atoms with Crippen LogP contribution < -0.4 is 0 Å². The summed E-state index contributed by atoms with van der Waals surface area (Å²) >= 11 is 0. The number of rotatable bonds is 4. The number of benzene rings is 2. The van der Waals surface area contributed by atoms with E-state index in [0.717, 1.165) is 22.3 Å². The Morgan fingerprint density at radius 3 is 2.43 bits per heavy atom. The van der Waals surface area contributed by atoms with Gasteiger partial charge in [0.25, 0.3) is 5.91 Å². The van der Waals surface area contributed by atoms with Crippen LogP contribution in [0.15, 0.2) is 48.5 Å². The Kier molecular flexibility index (Phi) is 3.44. The van der Waals surface area contributed by atoms with Crippen LogP contribution in [-0.4, -0.2) is 21.9 Å². The molecular formula is C17H15NO3. The Morgan fingerprint density at radius 1 is 1.05 bits per heavy atom. The van der Waals surface area contributed by atoms with E-state index in [1.54, 1.807) is 11.0 Å². The summed E-state index contributed by atoms with van der Waals surface area (Å²) in [5.74, 6) is -0.853. The van der Waals surface area contributed by atoms with E-state index in [9.17, 15) is 9.59 Å². The number of aliphatic carboxylic acids is 1. The molecule has 0 spiro atoms. The van der Waals surface area contributed by atoms with Gasteiger partial charge in [-0.2, -0.15) is 0 Å². The van der Waals surface area contributed by atoms with E-state index < -0.39 is 5.97 Å². The first-order chi connectivity index (χ1) is 10.1. The quantitative estimate of drug-likeness (QED) is 0.936. The molecule has 0 aliphatic carbocycles. The van der Waals surface area contributed by atoms with Crippen LogP contribution in [0.4, 0.5) is 0 Å². The minimum absolute atomic E-state index is 0.00993. The van der Waals surface area contributed by atoms with Crippen molar-refractivity contribution in [2.75, 3.05) is 0 Å². The SMILES string of the molecule is O=C(O)Cc1ccccc1CN1Cc2ccccc2C1=O. The van der Waals surface area contributed by atoms with Gasteiger partial charge in [-0.15, -0.1) is 0 Å². The maximum atomic E-state index is 12.3. The zero-order valence-electron chi connectivity index (χ0n) is 11.5. The number of nitrogens with zero attached hydrogens (tertiary/aromatic N) is 1. The highest BCUT2D eigenvalue weighted by atomic mass is 16.4. The van der Waals surface area contributed by atoms with E-state index in [1.165, 1.54) is 0 Å². The smallest absolute Gasteiger partial charge is 0.307 e. The number of amides is 1. The number of carboxylic acid groups (broad SMARTS) is 1. The first-order valence-corrected chi connectivity index (χ1v) is 6.81. The molecule has 1 N–H and O–H groups in total. The Hall–Kier alpha value is -2.62. The minimum atomic E-state index is -0.863. The van der Waals surface area contributed by atoms with Crippen LogP contribution in [0, 0.1) is 0 Å². The molecule has 0 aromatic heterocycles. The summed E-state index contributed by atoms with van der Waals surface area (Å²) in [4.78, 5) is 25.0. The van der Waals surface area contributed by atoms with E-state index in [0.29, 0.717) is 13.1 Å². The molecule has 1 amide bonds. The van der Waals surface area contributed by atoms with Crippen molar-refractivity contribution in [1.82, 2.24) is 4.90 Å². The highest BCUT2D eigenvalue weighted by molar-refractivity contribution is 5.98. The van der Waals surface area contributed by atoms with Crippen LogP contribution in [0.25, 0.3) is 0 Å². The van der Waals surface area contributed by atoms with Gasteiger partial charge in [0, 0.05) is 18.7 Å². The molecule has 2 aromatic rings. The molecule has 0 fully saturated rings. The zero-order valence-corrected chi connectivity index (χ0v) is 11.5. The average Bonchev–Trinajstić information content (AvgIpc) is 2.78. The molecular weight excluding hydrogens is 266 g/mol. The first kappa shape index (κ1) is 13.4. The van der Waals surface area contributed by atoms with Crippen molar-refractivity contribution in [3.8, 4) is 0 Å². The molecule has 0 radical (unpaired) electrons. The molecule has 0 unspecified atom stereocenters. The lowest BCUT2D eigenvalue weighted by Gasteiger charge is -2.17. The molecule has 1 aliphatic heterocycles. The van der Waals surface area contributed by atoms with Crippen molar-refractivity contribution in [3.63, 3.8) is 0 Å². The number of hydrogen-bond acceptors (Lipinski definition) is 2. The van der Waals surface area contributed by atoms with Crippen molar-refractivity contribution in [2.24, 2.45) is 0 Å². The molecule has 0 bridgehead atoms. The second-order valence-corrected chi connectivity index (χ2v) is 5.16. The summed E-state index contributed by atoms with van der Waals surface area (Å²) in [7, 11) is 0. The molecule has 0 saturated heterocycles. The maximum absolute atomic E-state index is 12.3. The summed E-state index contributed by atoms with van der Waals surface area (Å²) in [6.45, 7) is 1.02. The number of hydrogen-bond donors (Lipinski definition) is 1. The Balaban J connectivity index is 1.83. The third-order valence-electron chi connectivity index (χ3n) is 3.72. The fourth-order valence-corrected chi connectivity index (χ4v) is 2.70. The van der Waals surface area contributed by atoms with E-state index >= 15 is 0 Å². The molecule has 3 rings (SSSR count). The lowest BCUT2D eigenvalue weighted by molar-refractivity contribution is -0.136. The third-order valence-corrected chi connectivity index (χ3v) is 3.72. The summed E-state index contributed by atoms with van der Waals surface area (Å²) < 4.78 is 0. The normalized spacial score (nSPS) is 13.3. The zero-order chi connectivity index (χ0) is 14.8. The van der Waals surface area contributed by atoms with Gasteiger partial charge in [-0.25, -0.2) is 0 Å². The Bertz CT molecular complexity index is 709. The third kappa shape index (κ3) is 2.65. The molecule has 106 valence electrons. The van der Waals surface area contributed by atoms with Crippen LogP contribution in [0.1, 0.15) is 27.0 Å². The number of fused-ring (bicyclic) bond motifs is 1. The van der Waals surface area contributed by atoms with Crippen molar-refractivity contribution in [1.29, 1.82) is 0 Å². The monoisotopic (exact) mass is 281 g/mol. The van der Waals surface area contributed by atoms with Gasteiger partial charge >= 0.3 is 5.97 Å². The predicted octanol–water partition coefficient (Wildman–Crippen LogP) is 2.47. The fourth-order valence-electron chi connectivity index (χ4n) is 2.70. The highest BCUT2D eigenvalue weighted by Crippen LogP contribution is 2.25. The summed E-state index contributed by atoms with van der Waals surface area (Å²) in [6.07, 6.45) is -0.0227. The van der Waals surface area contributed by atoms with E-state index in [1.807, 2.05) is 42.5 Å². The van der Waals surface area contributed by atoms with E-state index in [-0.39, 0.29) is 12.3 Å². The Labute approximate surface area is 122 Å². The number of carboxylic acids is 1. The Morgan fingerprint density at radius 2 is 1.71 bits per heavy atom. The number of carbonyl (C=O) groups is 2. The van der Waals surface area contributed by atoms with Crippen molar-refractivity contribution < 1.29 is 14.7 Å². The molecule has 1 heterocycles. The minimum Gasteiger partial charge on any atom is -0.481 e. The molecule has 0 saturated carbocycles. The van der Waals surface area contributed by atoms with Crippen LogP contribution >= 0.6 is 0 Å². The standard InChI is InChI=1S/C17H15NO3/c19-16(20)9-12-5-1-2-6-13(12)10-18-11-14-7-3-4-8-15(14)17(18)21/h1-8H,9-11H2,(H,19,20). The van der Waals surface area contributed by atoms with Gasteiger partial charge in [0.2, 0.25) is 0 Å². The highest BCUT2D eigenvalue weighted by Gasteiger charge is 2.27.